The van der Waals surface area contributed by atoms with Crippen LogP contribution in [0.2, 0.25) is 0 Å². The fraction of sp³-hybridized carbons (Fsp3) is 0.700. The number of rotatable bonds is 8. The zero-order valence-electron chi connectivity index (χ0n) is 17.8. The Morgan fingerprint density at radius 2 is 0.960 bits per heavy atom. The van der Waals surface area contributed by atoms with Gasteiger partial charge in [0.2, 0.25) is 0 Å². The maximum Gasteiger partial charge on any atom is 0.101 e. The molecule has 0 saturated heterocycles. The van der Waals surface area contributed by atoms with Crippen LogP contribution in [0.25, 0.3) is 0 Å². The van der Waals surface area contributed by atoms with Crippen molar-refractivity contribution in [3.8, 4) is 0 Å². The van der Waals surface area contributed by atoms with Crippen molar-refractivity contribution in [3.63, 3.8) is 0 Å². The van der Waals surface area contributed by atoms with E-state index < -0.39 is 14.8 Å². The second-order valence-corrected chi connectivity index (χ2v) is 17.5. The molecule has 5 heteroatoms. The third kappa shape index (κ3) is 6.10. The summed E-state index contributed by atoms with van der Waals surface area (Å²) in [5.41, 5.74) is 4.91. The maximum atomic E-state index is 3.87. The molecule has 25 heavy (non-hydrogen) atoms. The summed E-state index contributed by atoms with van der Waals surface area (Å²) in [4.78, 5) is 0. The Hall–Kier alpha value is 0.186. The summed E-state index contributed by atoms with van der Waals surface area (Å²) in [6.45, 7) is 23.5. The van der Waals surface area contributed by atoms with Gasteiger partial charge in [0.15, 0.2) is 0 Å². The zero-order valence-corrected chi connectivity index (χ0v) is 20.6. The van der Waals surface area contributed by atoms with E-state index in [9.17, 15) is 0 Å². The van der Waals surface area contributed by atoms with E-state index in [0.717, 1.165) is 11.4 Å². The van der Waals surface area contributed by atoms with E-state index in [-0.39, 0.29) is 16.8 Å². The van der Waals surface area contributed by atoms with Crippen LogP contribution in [0.4, 0.5) is 11.4 Å². The number of hydrogen-bond donors (Lipinski definition) is 2. The predicted octanol–water partition coefficient (Wildman–Crippen LogP) is 7.07. The topological polar surface area (TPSA) is 24.1 Å². The molecular weight excluding hydrogens is 389 g/mol. The van der Waals surface area contributed by atoms with Gasteiger partial charge in [-0.15, -0.1) is 18.2 Å². The van der Waals surface area contributed by atoms with Gasteiger partial charge in [-0.2, -0.15) is 6.07 Å². The summed E-state index contributed by atoms with van der Waals surface area (Å²) in [6, 6.07) is 10.1. The summed E-state index contributed by atoms with van der Waals surface area (Å²) in [6.07, 6.45) is 0. The van der Waals surface area contributed by atoms with Crippen LogP contribution in [0.5, 0.6) is 0 Å². The van der Waals surface area contributed by atoms with Crippen LogP contribution in [-0.2, 0) is 16.8 Å². The molecule has 0 unspecified atom stereocenters. The van der Waals surface area contributed by atoms with Crippen LogP contribution < -0.4 is 10.2 Å². The third-order valence-electron chi connectivity index (χ3n) is 5.81. The first-order chi connectivity index (χ1) is 10.9. The molecule has 0 aliphatic rings. The van der Waals surface area contributed by atoms with E-state index >= 15 is 0 Å². The molecule has 0 fully saturated rings. The van der Waals surface area contributed by atoms with Crippen LogP contribution >= 0.6 is 14.8 Å². The van der Waals surface area contributed by atoms with Gasteiger partial charge in [0, 0.05) is 16.8 Å². The standard InChI is InChI=1S/C20H39N2P2.Co/c1-15(2)23(9,16(3)4)21-19-12-11-13-20(14-19)22-24(10,17(5)6)18(7)8;/h11-13,15-18,21-22H,1-10H3;/q+1;. The molecule has 1 radical (unpaired) electrons. The molecule has 2 nitrogen and oxygen atoms in total. The molecule has 0 heterocycles. The van der Waals surface area contributed by atoms with Crippen molar-refractivity contribution >= 4 is 26.2 Å². The first kappa shape index (κ1) is 25.2. The molecule has 0 atom stereocenters. The van der Waals surface area contributed by atoms with Gasteiger partial charge in [-0.1, -0.05) is 0 Å². The quantitative estimate of drug-likeness (QED) is 0.342. The minimum absolute atomic E-state index is 0. The molecule has 2 N–H and O–H groups in total. The van der Waals surface area contributed by atoms with Crippen LogP contribution in [0.15, 0.2) is 18.2 Å². The van der Waals surface area contributed by atoms with Crippen molar-refractivity contribution < 1.29 is 16.8 Å². The van der Waals surface area contributed by atoms with E-state index in [4.69, 9.17) is 0 Å². The molecule has 0 aromatic heterocycles. The first-order valence-electron chi connectivity index (χ1n) is 9.24. The Labute approximate surface area is 168 Å². The van der Waals surface area contributed by atoms with E-state index in [2.05, 4.69) is 103 Å². The van der Waals surface area contributed by atoms with Crippen molar-refractivity contribution in [1.82, 2.24) is 0 Å². The Bertz CT molecular complexity index is 471. The van der Waals surface area contributed by atoms with Crippen molar-refractivity contribution in [2.45, 2.75) is 78.0 Å². The Morgan fingerprint density at radius 3 is 1.20 bits per heavy atom. The predicted molar refractivity (Wildman–Crippen MR) is 119 cm³/mol. The van der Waals surface area contributed by atoms with Crippen LogP contribution in [0, 0.1) is 6.07 Å². The number of anilines is 2. The average Bonchev–Trinajstić information content (AvgIpc) is 2.46. The normalized spacial score (nSPS) is 12.7. The molecular formula is C20H39CoN2P2+. The van der Waals surface area contributed by atoms with Crippen LogP contribution in [0.1, 0.15) is 55.4 Å². The number of benzene rings is 1. The second kappa shape index (κ2) is 9.93. The second-order valence-electron chi connectivity index (χ2n) is 8.37. The van der Waals surface area contributed by atoms with E-state index in [1.807, 2.05) is 0 Å². The van der Waals surface area contributed by atoms with E-state index in [1.165, 1.54) is 0 Å². The molecule has 1 aromatic rings. The molecule has 0 bridgehead atoms. The fourth-order valence-electron chi connectivity index (χ4n) is 2.83. The first-order valence-corrected chi connectivity index (χ1v) is 14.0. The van der Waals surface area contributed by atoms with Gasteiger partial charge < -0.3 is 0 Å². The van der Waals surface area contributed by atoms with E-state index in [1.54, 1.807) is 0 Å². The van der Waals surface area contributed by atoms with Gasteiger partial charge in [0.05, 0.1) is 36.0 Å². The van der Waals surface area contributed by atoms with Gasteiger partial charge in [0.1, 0.15) is 14.8 Å². The summed E-state index contributed by atoms with van der Waals surface area (Å²) >= 11 is 0. The van der Waals surface area contributed by atoms with Crippen molar-refractivity contribution in [1.29, 1.82) is 0 Å². The Balaban J connectivity index is 0.00000576. The molecule has 1 rings (SSSR count). The smallest absolute Gasteiger partial charge is 0.101 e. The molecule has 0 amide bonds. The molecule has 1 aromatic carbocycles. The monoisotopic (exact) mass is 428 g/mol. The van der Waals surface area contributed by atoms with Crippen LogP contribution in [-0.4, -0.2) is 36.0 Å². The summed E-state index contributed by atoms with van der Waals surface area (Å²) in [5, 5.41) is 7.73. The van der Waals surface area contributed by atoms with Gasteiger partial charge in [0.25, 0.3) is 0 Å². The Kier molecular flexibility index (Phi) is 10.0. The average molecular weight is 428 g/mol. The minimum Gasteiger partial charge on any atom is -0.285 e. The minimum atomic E-state index is -1.24. The number of hydrogen-bond acceptors (Lipinski definition) is 2. The molecule has 0 aliphatic carbocycles. The molecule has 147 valence electrons. The molecule has 0 aliphatic heterocycles. The summed E-state index contributed by atoms with van der Waals surface area (Å²) in [7, 11) is -2.49. The van der Waals surface area contributed by atoms with Gasteiger partial charge in [-0.05, 0) is 66.8 Å². The molecule has 0 saturated carbocycles. The van der Waals surface area contributed by atoms with Gasteiger partial charge >= 0.3 is 0 Å². The SMILES string of the molecule is CC(C)[P+](C)(Nc1[c-]c(N[P+](C)(C(C)C)C(C)C)ccc1)C(C)C.[Co]. The maximum absolute atomic E-state index is 3.87. The molecule has 0 spiro atoms. The van der Waals surface area contributed by atoms with Crippen molar-refractivity contribution in [3.05, 3.63) is 24.3 Å². The largest absolute Gasteiger partial charge is 0.285 e. The van der Waals surface area contributed by atoms with Gasteiger partial charge in [-0.3, -0.25) is 10.2 Å². The van der Waals surface area contributed by atoms with Gasteiger partial charge in [-0.25, -0.2) is 0 Å². The zero-order chi connectivity index (χ0) is 18.7. The summed E-state index contributed by atoms with van der Waals surface area (Å²) < 4.78 is 0. The van der Waals surface area contributed by atoms with Crippen molar-refractivity contribution in [2.24, 2.45) is 0 Å². The third-order valence-corrected chi connectivity index (χ3v) is 15.8. The van der Waals surface area contributed by atoms with E-state index in [0.29, 0.717) is 22.6 Å². The Morgan fingerprint density at radius 1 is 0.680 bits per heavy atom. The van der Waals surface area contributed by atoms with Crippen LogP contribution in [0.3, 0.4) is 0 Å². The number of nitrogens with one attached hydrogen (secondary N) is 2. The fourth-order valence-corrected chi connectivity index (χ4v) is 7.54. The summed E-state index contributed by atoms with van der Waals surface area (Å²) in [5.74, 6) is 0. The van der Waals surface area contributed by atoms with Crippen molar-refractivity contribution in [2.75, 3.05) is 23.5 Å².